The van der Waals surface area contributed by atoms with Crippen LogP contribution in [0.4, 0.5) is 5.69 Å². The van der Waals surface area contributed by atoms with Gasteiger partial charge in [0.1, 0.15) is 0 Å². The van der Waals surface area contributed by atoms with Gasteiger partial charge in [0, 0.05) is 25.2 Å². The third-order valence-corrected chi connectivity index (χ3v) is 5.46. The van der Waals surface area contributed by atoms with E-state index in [-0.39, 0.29) is 23.7 Å². The lowest BCUT2D eigenvalue weighted by molar-refractivity contribution is -0.385. The third-order valence-electron chi connectivity index (χ3n) is 3.42. The van der Waals surface area contributed by atoms with Crippen LogP contribution in [0.5, 0.6) is 0 Å². The maximum atomic E-state index is 12.5. The van der Waals surface area contributed by atoms with Gasteiger partial charge in [0.15, 0.2) is 0 Å². The van der Waals surface area contributed by atoms with Crippen molar-refractivity contribution in [1.82, 2.24) is 4.31 Å². The molecule has 0 bridgehead atoms. The van der Waals surface area contributed by atoms with E-state index in [4.69, 9.17) is 0 Å². The Hall–Kier alpha value is -1.51. The Morgan fingerprint density at radius 2 is 1.95 bits per heavy atom. The molecular weight excluding hydrogens is 284 g/mol. The Morgan fingerprint density at radius 1 is 1.35 bits per heavy atom. The topological polar surface area (TPSA) is 101 Å². The molecule has 20 heavy (non-hydrogen) atoms. The Kier molecular flexibility index (Phi) is 4.07. The van der Waals surface area contributed by atoms with E-state index >= 15 is 0 Å². The predicted molar refractivity (Wildman–Crippen MR) is 71.8 cm³/mol. The Bertz CT molecular complexity index is 621. The van der Waals surface area contributed by atoms with E-state index in [1.165, 1.54) is 16.4 Å². The highest BCUT2D eigenvalue weighted by Gasteiger charge is 2.30. The number of sulfonamides is 1. The van der Waals surface area contributed by atoms with Gasteiger partial charge in [-0.3, -0.25) is 10.1 Å². The van der Waals surface area contributed by atoms with Crippen molar-refractivity contribution >= 4 is 15.7 Å². The number of aryl methyl sites for hydroxylation is 1. The van der Waals surface area contributed by atoms with E-state index in [1.807, 2.05) is 0 Å². The van der Waals surface area contributed by atoms with Crippen LogP contribution in [-0.4, -0.2) is 41.9 Å². The molecule has 7 nitrogen and oxygen atoms in total. The lowest BCUT2D eigenvalue weighted by Crippen LogP contribution is -2.40. The number of non-ortho nitro benzene ring substituents is 1. The molecule has 0 aliphatic carbocycles. The van der Waals surface area contributed by atoms with Crippen molar-refractivity contribution in [3.05, 3.63) is 33.9 Å². The fourth-order valence-electron chi connectivity index (χ4n) is 2.20. The number of nitro benzene ring substituents is 1. The molecular formula is C12H16N2O5S. The van der Waals surface area contributed by atoms with Crippen molar-refractivity contribution in [3.63, 3.8) is 0 Å². The van der Waals surface area contributed by atoms with Crippen molar-refractivity contribution in [2.75, 3.05) is 13.1 Å². The highest BCUT2D eigenvalue weighted by Crippen LogP contribution is 2.26. The van der Waals surface area contributed by atoms with E-state index in [2.05, 4.69) is 0 Å². The normalized spacial score (nSPS) is 18.1. The lowest BCUT2D eigenvalue weighted by Gasteiger charge is -2.29. The van der Waals surface area contributed by atoms with Gasteiger partial charge < -0.3 is 5.11 Å². The van der Waals surface area contributed by atoms with Crippen LogP contribution in [0.1, 0.15) is 18.4 Å². The smallest absolute Gasteiger partial charge is 0.270 e. The molecule has 0 spiro atoms. The van der Waals surface area contributed by atoms with Crippen LogP contribution in [0.2, 0.25) is 0 Å². The number of nitro groups is 1. The standard InChI is InChI=1S/C12H16N2O5S/c1-9-2-3-10(14(16)17)8-12(9)20(18,19)13-6-4-11(15)5-7-13/h2-3,8,11,15H,4-7H2,1H3. The van der Waals surface area contributed by atoms with Crippen LogP contribution in [0.25, 0.3) is 0 Å². The summed E-state index contributed by atoms with van der Waals surface area (Å²) in [6, 6.07) is 3.81. The molecule has 1 aromatic carbocycles. The highest BCUT2D eigenvalue weighted by molar-refractivity contribution is 7.89. The van der Waals surface area contributed by atoms with E-state index in [9.17, 15) is 23.6 Å². The maximum Gasteiger partial charge on any atom is 0.270 e. The number of aliphatic hydroxyl groups excluding tert-OH is 1. The molecule has 0 atom stereocenters. The molecule has 110 valence electrons. The number of aliphatic hydroxyl groups is 1. The Labute approximate surface area is 117 Å². The Balaban J connectivity index is 2.38. The van der Waals surface area contributed by atoms with Gasteiger partial charge in [-0.1, -0.05) is 6.07 Å². The van der Waals surface area contributed by atoms with Gasteiger partial charge in [-0.05, 0) is 25.3 Å². The summed E-state index contributed by atoms with van der Waals surface area (Å²) in [5.41, 5.74) is 0.230. The number of piperidine rings is 1. The first-order chi connectivity index (χ1) is 9.32. The number of nitrogens with zero attached hydrogens (tertiary/aromatic N) is 2. The van der Waals surface area contributed by atoms with Crippen LogP contribution in [0.3, 0.4) is 0 Å². The summed E-state index contributed by atoms with van der Waals surface area (Å²) >= 11 is 0. The minimum Gasteiger partial charge on any atom is -0.393 e. The quantitative estimate of drug-likeness (QED) is 0.664. The first-order valence-electron chi connectivity index (χ1n) is 6.25. The summed E-state index contributed by atoms with van der Waals surface area (Å²) in [5.74, 6) is 0. The van der Waals surface area contributed by atoms with Gasteiger partial charge >= 0.3 is 0 Å². The summed E-state index contributed by atoms with van der Waals surface area (Å²) in [4.78, 5) is 10.1. The summed E-state index contributed by atoms with van der Waals surface area (Å²) < 4.78 is 26.3. The van der Waals surface area contributed by atoms with Gasteiger partial charge in [0.25, 0.3) is 5.69 Å². The van der Waals surface area contributed by atoms with E-state index in [0.717, 1.165) is 6.07 Å². The highest BCUT2D eigenvalue weighted by atomic mass is 32.2. The largest absolute Gasteiger partial charge is 0.393 e. The molecule has 0 aromatic heterocycles. The summed E-state index contributed by atoms with van der Waals surface area (Å²) in [7, 11) is -3.75. The molecule has 1 aliphatic heterocycles. The first kappa shape index (κ1) is 14.9. The van der Waals surface area contributed by atoms with Crippen molar-refractivity contribution in [3.8, 4) is 0 Å². The van der Waals surface area contributed by atoms with Crippen LogP contribution in [0, 0.1) is 17.0 Å². The molecule has 1 fully saturated rings. The number of hydrogen-bond acceptors (Lipinski definition) is 5. The molecule has 0 radical (unpaired) electrons. The second kappa shape index (κ2) is 5.47. The molecule has 1 aromatic rings. The molecule has 1 aliphatic rings. The lowest BCUT2D eigenvalue weighted by atomic mass is 10.1. The average Bonchev–Trinajstić information content (AvgIpc) is 2.39. The molecule has 1 saturated heterocycles. The summed E-state index contributed by atoms with van der Waals surface area (Å²) in [6.45, 7) is 2.06. The predicted octanol–water partition coefficient (Wildman–Crippen LogP) is 1.05. The maximum absolute atomic E-state index is 12.5. The SMILES string of the molecule is Cc1ccc([N+](=O)[O-])cc1S(=O)(=O)N1CCC(O)CC1. The first-order valence-corrected chi connectivity index (χ1v) is 7.69. The monoisotopic (exact) mass is 300 g/mol. The zero-order chi connectivity index (χ0) is 14.9. The van der Waals surface area contributed by atoms with Crippen LogP contribution in [0.15, 0.2) is 23.1 Å². The van der Waals surface area contributed by atoms with Crippen LogP contribution < -0.4 is 0 Å². The van der Waals surface area contributed by atoms with Crippen LogP contribution >= 0.6 is 0 Å². The number of benzene rings is 1. The average molecular weight is 300 g/mol. The molecule has 0 unspecified atom stereocenters. The molecule has 2 rings (SSSR count). The van der Waals surface area contributed by atoms with E-state index in [1.54, 1.807) is 6.92 Å². The fraction of sp³-hybridized carbons (Fsp3) is 0.500. The zero-order valence-electron chi connectivity index (χ0n) is 11.0. The summed E-state index contributed by atoms with van der Waals surface area (Å²) in [5, 5.41) is 20.2. The second-order valence-electron chi connectivity index (χ2n) is 4.84. The molecule has 1 heterocycles. The van der Waals surface area contributed by atoms with Crippen molar-refractivity contribution < 1.29 is 18.4 Å². The molecule has 0 saturated carbocycles. The Morgan fingerprint density at radius 3 is 2.50 bits per heavy atom. The van der Waals surface area contributed by atoms with Crippen molar-refractivity contribution in [1.29, 1.82) is 0 Å². The van der Waals surface area contributed by atoms with Crippen LogP contribution in [-0.2, 0) is 10.0 Å². The van der Waals surface area contributed by atoms with Gasteiger partial charge in [0.2, 0.25) is 10.0 Å². The van der Waals surface area contributed by atoms with Gasteiger partial charge in [-0.2, -0.15) is 4.31 Å². The minimum absolute atomic E-state index is 0.0388. The fourth-order valence-corrected chi connectivity index (χ4v) is 3.92. The van der Waals surface area contributed by atoms with E-state index < -0.39 is 21.1 Å². The van der Waals surface area contributed by atoms with Crippen molar-refractivity contribution in [2.24, 2.45) is 0 Å². The zero-order valence-corrected chi connectivity index (χ0v) is 11.8. The molecule has 0 amide bonds. The minimum atomic E-state index is -3.75. The molecule has 1 N–H and O–H groups in total. The second-order valence-corrected chi connectivity index (χ2v) is 6.75. The third kappa shape index (κ3) is 2.82. The van der Waals surface area contributed by atoms with Gasteiger partial charge in [-0.15, -0.1) is 0 Å². The van der Waals surface area contributed by atoms with Crippen molar-refractivity contribution in [2.45, 2.75) is 30.8 Å². The van der Waals surface area contributed by atoms with Gasteiger partial charge in [0.05, 0.1) is 15.9 Å². The number of rotatable bonds is 3. The van der Waals surface area contributed by atoms with E-state index in [0.29, 0.717) is 18.4 Å². The van der Waals surface area contributed by atoms with Gasteiger partial charge in [-0.25, -0.2) is 8.42 Å². The summed E-state index contributed by atoms with van der Waals surface area (Å²) in [6.07, 6.45) is 0.285. The number of hydrogen-bond donors (Lipinski definition) is 1. The molecule has 8 heteroatoms.